The van der Waals surface area contributed by atoms with E-state index < -0.39 is 23.5 Å². The number of aliphatic hydroxyl groups excluding tert-OH is 1. The average molecular weight is 388 g/mol. The Morgan fingerprint density at radius 3 is 2.34 bits per heavy atom. The van der Waals surface area contributed by atoms with Crippen LogP contribution in [0.1, 0.15) is 22.7 Å². The first-order valence-electron chi connectivity index (χ1n) is 9.02. The Balaban J connectivity index is 1.97. The zero-order valence-corrected chi connectivity index (χ0v) is 15.5. The highest BCUT2D eigenvalue weighted by atomic mass is 19.1. The summed E-state index contributed by atoms with van der Waals surface area (Å²) in [5.74, 6) is -2.02. The Morgan fingerprint density at radius 1 is 1.00 bits per heavy atom. The smallest absolute Gasteiger partial charge is 0.301 e. The maximum Gasteiger partial charge on any atom is 0.301 e. The molecule has 29 heavy (non-hydrogen) atoms. The Morgan fingerprint density at radius 2 is 1.69 bits per heavy atom. The lowest BCUT2D eigenvalue weighted by Crippen LogP contribution is -2.30. The largest absolute Gasteiger partial charge is 0.507 e. The zero-order valence-electron chi connectivity index (χ0n) is 15.5. The fourth-order valence-corrected chi connectivity index (χ4v) is 3.49. The van der Waals surface area contributed by atoms with Crippen molar-refractivity contribution in [2.45, 2.75) is 13.0 Å². The summed E-state index contributed by atoms with van der Waals surface area (Å²) in [5, 5.41) is 10.9. The third-order valence-electron chi connectivity index (χ3n) is 4.89. The second-order valence-electron chi connectivity index (χ2n) is 6.73. The highest BCUT2D eigenvalue weighted by Crippen LogP contribution is 2.42. The normalized spacial score (nSPS) is 18.3. The summed E-state index contributed by atoms with van der Waals surface area (Å²) < 4.78 is 13.5. The van der Waals surface area contributed by atoms with E-state index in [4.69, 9.17) is 0 Å². The van der Waals surface area contributed by atoms with Crippen molar-refractivity contribution in [2.75, 3.05) is 4.90 Å². The standard InChI is InChI=1S/C23H17FN2O3/c1-14-6-5-13-25-22(14)26-19(15-9-11-17(24)12-10-15)18(21(28)23(26)29)20(27)16-7-3-2-4-8-16/h2-13,19,27H,1H3/b20-18+. The molecule has 1 N–H and O–H groups in total. The lowest BCUT2D eigenvalue weighted by molar-refractivity contribution is -0.132. The van der Waals surface area contributed by atoms with Crippen LogP contribution in [0.5, 0.6) is 0 Å². The Bertz CT molecular complexity index is 1120. The highest BCUT2D eigenvalue weighted by Gasteiger charge is 2.47. The number of rotatable bonds is 3. The number of hydrogen-bond donors (Lipinski definition) is 1. The number of pyridine rings is 1. The van der Waals surface area contributed by atoms with Gasteiger partial charge in [0.2, 0.25) is 0 Å². The summed E-state index contributed by atoms with van der Waals surface area (Å²) in [5.41, 5.74) is 1.54. The lowest BCUT2D eigenvalue weighted by atomic mass is 9.95. The van der Waals surface area contributed by atoms with E-state index >= 15 is 0 Å². The molecule has 1 fully saturated rings. The second kappa shape index (κ2) is 7.31. The molecule has 1 aromatic heterocycles. The first-order valence-corrected chi connectivity index (χ1v) is 9.02. The molecule has 2 heterocycles. The van der Waals surface area contributed by atoms with Crippen LogP contribution in [-0.4, -0.2) is 21.8 Å². The van der Waals surface area contributed by atoms with Gasteiger partial charge >= 0.3 is 5.91 Å². The molecule has 6 heteroatoms. The molecule has 1 aliphatic heterocycles. The Kier molecular flexibility index (Phi) is 4.68. The quantitative estimate of drug-likeness (QED) is 0.416. The van der Waals surface area contributed by atoms with Gasteiger partial charge < -0.3 is 5.11 Å². The van der Waals surface area contributed by atoms with Crippen LogP contribution in [0, 0.1) is 12.7 Å². The van der Waals surface area contributed by atoms with E-state index in [0.717, 1.165) is 0 Å². The average Bonchev–Trinajstić information content (AvgIpc) is 3.00. The number of carbonyl (C=O) groups excluding carboxylic acids is 2. The SMILES string of the molecule is Cc1cccnc1N1C(=O)C(=O)/C(=C(/O)c2ccccc2)C1c1ccc(F)cc1. The van der Waals surface area contributed by atoms with E-state index in [1.807, 2.05) is 0 Å². The number of aryl methyl sites for hydroxylation is 1. The van der Waals surface area contributed by atoms with Crippen LogP contribution in [0.25, 0.3) is 5.76 Å². The topological polar surface area (TPSA) is 70.5 Å². The summed E-state index contributed by atoms with van der Waals surface area (Å²) in [4.78, 5) is 31.5. The van der Waals surface area contributed by atoms with Gasteiger partial charge in [-0.2, -0.15) is 0 Å². The Labute approximate surface area is 166 Å². The van der Waals surface area contributed by atoms with E-state index in [-0.39, 0.29) is 11.3 Å². The van der Waals surface area contributed by atoms with Crippen LogP contribution in [0.15, 0.2) is 78.5 Å². The predicted molar refractivity (Wildman–Crippen MR) is 107 cm³/mol. The number of carbonyl (C=O) groups is 2. The third kappa shape index (κ3) is 3.18. The monoisotopic (exact) mass is 388 g/mol. The molecule has 0 aliphatic carbocycles. The summed E-state index contributed by atoms with van der Waals surface area (Å²) in [6.07, 6.45) is 1.53. The van der Waals surface area contributed by atoms with Gasteiger partial charge in [0, 0.05) is 11.8 Å². The molecule has 2 aromatic carbocycles. The number of amides is 1. The number of aliphatic hydroxyl groups is 1. The van der Waals surface area contributed by atoms with Gasteiger partial charge in [-0.15, -0.1) is 0 Å². The van der Waals surface area contributed by atoms with Crippen LogP contribution < -0.4 is 4.90 Å². The number of hydrogen-bond acceptors (Lipinski definition) is 4. The first kappa shape index (κ1) is 18.6. The molecule has 0 radical (unpaired) electrons. The van der Waals surface area contributed by atoms with E-state index in [9.17, 15) is 19.1 Å². The zero-order chi connectivity index (χ0) is 20.5. The molecule has 4 rings (SSSR count). The molecule has 1 unspecified atom stereocenters. The molecule has 3 aromatic rings. The van der Waals surface area contributed by atoms with Gasteiger partial charge in [0.25, 0.3) is 5.78 Å². The van der Waals surface area contributed by atoms with E-state index in [0.29, 0.717) is 22.5 Å². The van der Waals surface area contributed by atoms with Gasteiger partial charge in [-0.1, -0.05) is 48.5 Å². The van der Waals surface area contributed by atoms with Gasteiger partial charge in [0.05, 0.1) is 11.6 Å². The van der Waals surface area contributed by atoms with Crippen molar-refractivity contribution >= 4 is 23.3 Å². The molecule has 5 nitrogen and oxygen atoms in total. The second-order valence-corrected chi connectivity index (χ2v) is 6.73. The summed E-state index contributed by atoms with van der Waals surface area (Å²) in [6, 6.07) is 16.6. The summed E-state index contributed by atoms with van der Waals surface area (Å²) in [6.45, 7) is 1.78. The van der Waals surface area contributed by atoms with E-state index in [1.165, 1.54) is 35.4 Å². The minimum absolute atomic E-state index is 0.0575. The molecule has 0 spiro atoms. The molecule has 1 atom stereocenters. The number of nitrogens with zero attached hydrogens (tertiary/aromatic N) is 2. The molecular weight excluding hydrogens is 371 g/mol. The summed E-state index contributed by atoms with van der Waals surface area (Å²) in [7, 11) is 0. The van der Waals surface area contributed by atoms with E-state index in [1.54, 1.807) is 49.4 Å². The minimum Gasteiger partial charge on any atom is -0.507 e. The van der Waals surface area contributed by atoms with E-state index in [2.05, 4.69) is 4.98 Å². The van der Waals surface area contributed by atoms with Gasteiger partial charge in [-0.05, 0) is 36.2 Å². The highest BCUT2D eigenvalue weighted by molar-refractivity contribution is 6.51. The molecule has 1 saturated heterocycles. The van der Waals surface area contributed by atoms with Crippen molar-refractivity contribution < 1.29 is 19.1 Å². The maximum atomic E-state index is 13.5. The summed E-state index contributed by atoms with van der Waals surface area (Å²) >= 11 is 0. The third-order valence-corrected chi connectivity index (χ3v) is 4.89. The van der Waals surface area contributed by atoms with Crippen molar-refractivity contribution in [1.82, 2.24) is 4.98 Å². The number of aromatic nitrogens is 1. The molecule has 0 bridgehead atoms. The molecule has 144 valence electrons. The van der Waals surface area contributed by atoms with Crippen molar-refractivity contribution in [3.8, 4) is 0 Å². The molecule has 1 amide bonds. The first-order chi connectivity index (χ1) is 14.0. The van der Waals surface area contributed by atoms with Crippen LogP contribution in [-0.2, 0) is 9.59 Å². The van der Waals surface area contributed by atoms with Crippen LogP contribution in [0.3, 0.4) is 0 Å². The van der Waals surface area contributed by atoms with Gasteiger partial charge in [0.15, 0.2) is 0 Å². The molecule has 1 aliphatic rings. The maximum absolute atomic E-state index is 13.5. The number of ketones is 1. The van der Waals surface area contributed by atoms with Crippen LogP contribution in [0.4, 0.5) is 10.2 Å². The fourth-order valence-electron chi connectivity index (χ4n) is 3.49. The van der Waals surface area contributed by atoms with Crippen LogP contribution >= 0.6 is 0 Å². The number of anilines is 1. The number of halogens is 1. The van der Waals surface area contributed by atoms with Crippen molar-refractivity contribution in [1.29, 1.82) is 0 Å². The molecule has 0 saturated carbocycles. The van der Waals surface area contributed by atoms with Gasteiger partial charge in [-0.25, -0.2) is 9.37 Å². The number of benzene rings is 2. The van der Waals surface area contributed by atoms with Crippen molar-refractivity contribution in [3.63, 3.8) is 0 Å². The van der Waals surface area contributed by atoms with Crippen LogP contribution in [0.2, 0.25) is 0 Å². The lowest BCUT2D eigenvalue weighted by Gasteiger charge is -2.25. The number of Topliss-reactive ketones (excluding diaryl/α,β-unsaturated/α-hetero) is 1. The van der Waals surface area contributed by atoms with Gasteiger partial charge in [-0.3, -0.25) is 14.5 Å². The fraction of sp³-hybridized carbons (Fsp3) is 0.0870. The van der Waals surface area contributed by atoms with Gasteiger partial charge in [0.1, 0.15) is 17.4 Å². The van der Waals surface area contributed by atoms with Crippen molar-refractivity contribution in [3.05, 3.63) is 101 Å². The Hall–Kier alpha value is -3.80. The minimum atomic E-state index is -0.926. The predicted octanol–water partition coefficient (Wildman–Crippen LogP) is 4.16. The van der Waals surface area contributed by atoms with Crippen molar-refractivity contribution in [2.24, 2.45) is 0 Å². The molecular formula is C23H17FN2O3.